The van der Waals surface area contributed by atoms with Crippen LogP contribution in [-0.4, -0.2) is 48.3 Å². The van der Waals surface area contributed by atoms with Crippen molar-refractivity contribution in [3.8, 4) is 0 Å². The first kappa shape index (κ1) is 10.4. The van der Waals surface area contributed by atoms with Gasteiger partial charge in [0.15, 0.2) is 0 Å². The summed E-state index contributed by atoms with van der Waals surface area (Å²) in [5.41, 5.74) is 0.0251. The number of rotatable bonds is 3. The van der Waals surface area contributed by atoms with Gasteiger partial charge in [0.25, 0.3) is 0 Å². The summed E-state index contributed by atoms with van der Waals surface area (Å²) < 4.78 is 0. The summed E-state index contributed by atoms with van der Waals surface area (Å²) in [6, 6.07) is 0. The van der Waals surface area contributed by atoms with Crippen molar-refractivity contribution in [3.05, 3.63) is 0 Å². The lowest BCUT2D eigenvalue weighted by molar-refractivity contribution is 0.110. The van der Waals surface area contributed by atoms with E-state index in [0.717, 1.165) is 19.5 Å². The van der Waals surface area contributed by atoms with Gasteiger partial charge in [-0.25, -0.2) is 0 Å². The van der Waals surface area contributed by atoms with Crippen LogP contribution in [0.15, 0.2) is 0 Å². The molecule has 1 atom stereocenters. The predicted molar refractivity (Wildman–Crippen MR) is 57.3 cm³/mol. The molecule has 3 heteroatoms. The molecule has 2 aliphatic rings. The Balaban J connectivity index is 1.86. The lowest BCUT2D eigenvalue weighted by Crippen LogP contribution is -2.53. The normalized spacial score (nSPS) is 34.9. The van der Waals surface area contributed by atoms with E-state index in [1.54, 1.807) is 0 Å². The van der Waals surface area contributed by atoms with Gasteiger partial charge in [-0.3, -0.25) is 0 Å². The van der Waals surface area contributed by atoms with E-state index < -0.39 is 0 Å². The molecule has 2 fully saturated rings. The van der Waals surface area contributed by atoms with Gasteiger partial charge in [0.2, 0.25) is 0 Å². The third kappa shape index (κ3) is 2.27. The van der Waals surface area contributed by atoms with E-state index in [1.165, 1.54) is 38.8 Å². The highest BCUT2D eigenvalue weighted by atomic mass is 16.3. The van der Waals surface area contributed by atoms with Gasteiger partial charge in [0.1, 0.15) is 0 Å². The molecule has 0 aromatic carbocycles. The molecule has 0 aromatic rings. The lowest BCUT2D eigenvalue weighted by Gasteiger charge is -2.36. The van der Waals surface area contributed by atoms with Crippen molar-refractivity contribution in [2.45, 2.75) is 37.6 Å². The summed E-state index contributed by atoms with van der Waals surface area (Å²) in [6.45, 7) is 4.87. The van der Waals surface area contributed by atoms with Crippen molar-refractivity contribution in [2.24, 2.45) is 0 Å². The van der Waals surface area contributed by atoms with Crippen molar-refractivity contribution in [1.29, 1.82) is 0 Å². The van der Waals surface area contributed by atoms with Crippen LogP contribution < -0.4 is 5.32 Å². The molecule has 2 saturated heterocycles. The zero-order valence-electron chi connectivity index (χ0n) is 8.97. The standard InChI is InChI=1S/C11H22N2O/c14-10-11(5-4-6-12-11)9-13-7-2-1-3-8-13/h12,14H,1-10H2. The topological polar surface area (TPSA) is 35.5 Å². The van der Waals surface area contributed by atoms with Crippen molar-refractivity contribution < 1.29 is 5.11 Å². The van der Waals surface area contributed by atoms with Crippen LogP contribution in [0.5, 0.6) is 0 Å². The van der Waals surface area contributed by atoms with Gasteiger partial charge in [-0.15, -0.1) is 0 Å². The quantitative estimate of drug-likeness (QED) is 0.696. The minimum Gasteiger partial charge on any atom is -0.394 e. The molecule has 2 rings (SSSR count). The fraction of sp³-hybridized carbons (Fsp3) is 1.00. The highest BCUT2D eigenvalue weighted by molar-refractivity contribution is 4.95. The Bertz CT molecular complexity index is 172. The largest absolute Gasteiger partial charge is 0.394 e. The Labute approximate surface area is 86.5 Å². The van der Waals surface area contributed by atoms with Crippen molar-refractivity contribution in [3.63, 3.8) is 0 Å². The number of hydrogen-bond acceptors (Lipinski definition) is 3. The van der Waals surface area contributed by atoms with Crippen molar-refractivity contribution in [1.82, 2.24) is 10.2 Å². The zero-order chi connectivity index (χ0) is 9.86. The maximum absolute atomic E-state index is 9.46. The molecular formula is C11H22N2O. The first-order chi connectivity index (χ1) is 6.85. The first-order valence-electron chi connectivity index (χ1n) is 5.93. The highest BCUT2D eigenvalue weighted by Crippen LogP contribution is 2.21. The number of hydrogen-bond donors (Lipinski definition) is 2. The number of nitrogens with zero attached hydrogens (tertiary/aromatic N) is 1. The second-order valence-corrected chi connectivity index (χ2v) is 4.81. The summed E-state index contributed by atoms with van der Waals surface area (Å²) in [6.07, 6.45) is 6.41. The summed E-state index contributed by atoms with van der Waals surface area (Å²) in [4.78, 5) is 2.51. The molecule has 2 heterocycles. The first-order valence-corrected chi connectivity index (χ1v) is 5.93. The van der Waals surface area contributed by atoms with E-state index >= 15 is 0 Å². The fourth-order valence-corrected chi connectivity index (χ4v) is 2.73. The van der Waals surface area contributed by atoms with Gasteiger partial charge >= 0.3 is 0 Å². The summed E-state index contributed by atoms with van der Waals surface area (Å²) in [5.74, 6) is 0. The summed E-state index contributed by atoms with van der Waals surface area (Å²) >= 11 is 0. The van der Waals surface area contributed by atoms with E-state index in [0.29, 0.717) is 6.61 Å². The van der Waals surface area contributed by atoms with Crippen LogP contribution in [0.25, 0.3) is 0 Å². The van der Waals surface area contributed by atoms with E-state index in [4.69, 9.17) is 0 Å². The summed E-state index contributed by atoms with van der Waals surface area (Å²) in [5, 5.41) is 12.9. The highest BCUT2D eigenvalue weighted by Gasteiger charge is 2.34. The molecule has 0 spiro atoms. The number of likely N-dealkylation sites (tertiary alicyclic amines) is 1. The number of nitrogens with one attached hydrogen (secondary N) is 1. The van der Waals surface area contributed by atoms with Crippen LogP contribution in [0.2, 0.25) is 0 Å². The molecule has 14 heavy (non-hydrogen) atoms. The molecule has 1 unspecified atom stereocenters. The molecule has 0 bridgehead atoms. The monoisotopic (exact) mass is 198 g/mol. The average Bonchev–Trinajstić information content (AvgIpc) is 2.69. The zero-order valence-corrected chi connectivity index (χ0v) is 8.97. The average molecular weight is 198 g/mol. The van der Waals surface area contributed by atoms with Crippen molar-refractivity contribution in [2.75, 3.05) is 32.8 Å². The van der Waals surface area contributed by atoms with E-state index in [2.05, 4.69) is 10.2 Å². The minimum absolute atomic E-state index is 0.0251. The fourth-order valence-electron chi connectivity index (χ4n) is 2.73. The van der Waals surface area contributed by atoms with Crippen LogP contribution >= 0.6 is 0 Å². The molecule has 2 N–H and O–H groups in total. The third-order valence-corrected chi connectivity index (χ3v) is 3.61. The van der Waals surface area contributed by atoms with Gasteiger partial charge < -0.3 is 15.3 Å². The number of aliphatic hydroxyl groups excluding tert-OH is 1. The molecule has 3 nitrogen and oxygen atoms in total. The smallest absolute Gasteiger partial charge is 0.0625 e. The van der Waals surface area contributed by atoms with Crippen LogP contribution in [0.3, 0.4) is 0 Å². The Morgan fingerprint density at radius 3 is 2.50 bits per heavy atom. The molecule has 0 aromatic heterocycles. The van der Waals surface area contributed by atoms with Gasteiger partial charge in [0.05, 0.1) is 12.1 Å². The Morgan fingerprint density at radius 1 is 1.14 bits per heavy atom. The Morgan fingerprint density at radius 2 is 1.93 bits per heavy atom. The molecule has 0 saturated carbocycles. The number of aliphatic hydroxyl groups is 1. The van der Waals surface area contributed by atoms with E-state index in [9.17, 15) is 5.11 Å². The predicted octanol–water partition coefficient (Wildman–Crippen LogP) is 0.587. The second-order valence-electron chi connectivity index (χ2n) is 4.81. The molecule has 2 aliphatic heterocycles. The SMILES string of the molecule is OCC1(CN2CCCCC2)CCCN1. The Hall–Kier alpha value is -0.120. The van der Waals surface area contributed by atoms with Crippen LogP contribution in [0.1, 0.15) is 32.1 Å². The third-order valence-electron chi connectivity index (χ3n) is 3.61. The van der Waals surface area contributed by atoms with Crippen LogP contribution in [0, 0.1) is 0 Å². The van der Waals surface area contributed by atoms with Gasteiger partial charge in [-0.2, -0.15) is 0 Å². The maximum atomic E-state index is 9.46. The van der Waals surface area contributed by atoms with E-state index in [1.807, 2.05) is 0 Å². The maximum Gasteiger partial charge on any atom is 0.0625 e. The number of piperidine rings is 1. The van der Waals surface area contributed by atoms with Crippen LogP contribution in [0.4, 0.5) is 0 Å². The van der Waals surface area contributed by atoms with Crippen LogP contribution in [-0.2, 0) is 0 Å². The Kier molecular flexibility index (Phi) is 3.42. The summed E-state index contributed by atoms with van der Waals surface area (Å²) in [7, 11) is 0. The van der Waals surface area contributed by atoms with Gasteiger partial charge in [-0.05, 0) is 45.3 Å². The molecule has 0 radical (unpaired) electrons. The molecule has 82 valence electrons. The van der Waals surface area contributed by atoms with Gasteiger partial charge in [0, 0.05) is 6.54 Å². The second kappa shape index (κ2) is 4.60. The molecule has 0 aliphatic carbocycles. The minimum atomic E-state index is 0.0251. The molecule has 0 amide bonds. The van der Waals surface area contributed by atoms with Crippen molar-refractivity contribution >= 4 is 0 Å². The van der Waals surface area contributed by atoms with Gasteiger partial charge in [-0.1, -0.05) is 6.42 Å². The van der Waals surface area contributed by atoms with E-state index in [-0.39, 0.29) is 5.54 Å². The lowest BCUT2D eigenvalue weighted by atomic mass is 9.96. The molecular weight excluding hydrogens is 176 g/mol.